The van der Waals surface area contributed by atoms with Gasteiger partial charge in [-0.15, -0.1) is 0 Å². The van der Waals surface area contributed by atoms with Gasteiger partial charge < -0.3 is 10.1 Å². The van der Waals surface area contributed by atoms with Crippen LogP contribution in [0.1, 0.15) is 36.0 Å². The number of aryl methyl sites for hydroxylation is 1. The number of benzene rings is 2. The number of alkyl halides is 2. The molecule has 2 fully saturated rings. The quantitative estimate of drug-likeness (QED) is 0.471. The van der Waals surface area contributed by atoms with Gasteiger partial charge in [0.1, 0.15) is 18.2 Å². The summed E-state index contributed by atoms with van der Waals surface area (Å²) in [6, 6.07) is 14.7. The maximum Gasteiger partial charge on any atom is 0.416 e. The van der Waals surface area contributed by atoms with E-state index in [0.717, 1.165) is 21.4 Å². The van der Waals surface area contributed by atoms with Crippen LogP contribution in [-0.2, 0) is 26.3 Å². The molecule has 0 spiro atoms. The largest absolute Gasteiger partial charge is 0.446 e. The van der Waals surface area contributed by atoms with E-state index in [0.29, 0.717) is 12.0 Å². The van der Waals surface area contributed by atoms with Gasteiger partial charge in [0.2, 0.25) is 0 Å². The number of aromatic nitrogens is 1. The number of anilines is 2. The van der Waals surface area contributed by atoms with E-state index in [9.17, 15) is 32.8 Å². The Balaban J connectivity index is 1.49. The van der Waals surface area contributed by atoms with Crippen LogP contribution in [0.3, 0.4) is 0 Å². The van der Waals surface area contributed by atoms with E-state index in [-0.39, 0.29) is 23.5 Å². The Morgan fingerprint density at radius 2 is 1.90 bits per heavy atom. The zero-order valence-corrected chi connectivity index (χ0v) is 22.1. The number of hydrogen-bond acceptors (Lipinski definition) is 6. The monoisotopic (exact) mass is 575 g/mol. The van der Waals surface area contributed by atoms with Crippen molar-refractivity contribution in [2.75, 3.05) is 16.4 Å². The first kappa shape index (κ1) is 27.3. The molecule has 42 heavy (non-hydrogen) atoms. The third-order valence-electron chi connectivity index (χ3n) is 7.97. The SMILES string of the molecule is N#Cc1ccnc(N2C(=O)OC[C@H]2C(=O)N(c2cccc(F)c2)[C@]2(C(=O)NC3CC(F)(F)C3)CCc3ccccc32)c1. The predicted molar refractivity (Wildman–Crippen MR) is 143 cm³/mol. The van der Waals surface area contributed by atoms with Crippen LogP contribution in [0.5, 0.6) is 0 Å². The first-order valence-corrected chi connectivity index (χ1v) is 13.3. The fraction of sp³-hybridized carbons (Fsp3) is 0.300. The number of pyridine rings is 1. The van der Waals surface area contributed by atoms with Gasteiger partial charge in [-0.3, -0.25) is 14.5 Å². The van der Waals surface area contributed by atoms with E-state index in [2.05, 4.69) is 10.3 Å². The number of rotatable bonds is 6. The highest BCUT2D eigenvalue weighted by atomic mass is 19.3. The van der Waals surface area contributed by atoms with Gasteiger partial charge >= 0.3 is 6.09 Å². The lowest BCUT2D eigenvalue weighted by Gasteiger charge is -2.44. The van der Waals surface area contributed by atoms with Crippen LogP contribution in [0, 0.1) is 17.1 Å². The second kappa shape index (κ2) is 10.2. The molecule has 2 aliphatic carbocycles. The summed E-state index contributed by atoms with van der Waals surface area (Å²) < 4.78 is 47.3. The first-order valence-electron chi connectivity index (χ1n) is 13.3. The first-order chi connectivity index (χ1) is 20.1. The maximum absolute atomic E-state index is 14.7. The van der Waals surface area contributed by atoms with E-state index >= 15 is 0 Å². The Morgan fingerprint density at radius 1 is 1.12 bits per heavy atom. The lowest BCUT2D eigenvalue weighted by Crippen LogP contribution is -2.64. The van der Waals surface area contributed by atoms with Crippen molar-refractivity contribution in [3.8, 4) is 6.07 Å². The highest BCUT2D eigenvalue weighted by Gasteiger charge is 2.57. The van der Waals surface area contributed by atoms with Crippen LogP contribution in [0.4, 0.5) is 29.5 Å². The zero-order chi connectivity index (χ0) is 29.6. The van der Waals surface area contributed by atoms with Crippen molar-refractivity contribution < 1.29 is 32.3 Å². The van der Waals surface area contributed by atoms with Crippen LogP contribution in [0.15, 0.2) is 66.9 Å². The highest BCUT2D eigenvalue weighted by molar-refractivity contribution is 6.11. The smallest absolute Gasteiger partial charge is 0.416 e. The highest BCUT2D eigenvalue weighted by Crippen LogP contribution is 2.46. The van der Waals surface area contributed by atoms with Crippen molar-refractivity contribution >= 4 is 29.4 Å². The average Bonchev–Trinajstić information content (AvgIpc) is 3.54. The van der Waals surface area contributed by atoms with E-state index < -0.39 is 66.7 Å². The van der Waals surface area contributed by atoms with Gasteiger partial charge in [-0.05, 0) is 54.3 Å². The lowest BCUT2D eigenvalue weighted by molar-refractivity contribution is -0.137. The molecule has 0 bridgehead atoms. The number of fused-ring (bicyclic) bond motifs is 1. The number of cyclic esters (lactones) is 1. The Kier molecular flexibility index (Phi) is 6.60. The molecule has 2 atom stereocenters. The minimum atomic E-state index is -2.90. The number of nitrogens with one attached hydrogen (secondary N) is 1. The van der Waals surface area contributed by atoms with Crippen molar-refractivity contribution in [3.63, 3.8) is 0 Å². The minimum Gasteiger partial charge on any atom is -0.446 e. The van der Waals surface area contributed by atoms with Crippen LogP contribution in [-0.4, -0.2) is 47.5 Å². The fourth-order valence-electron chi connectivity index (χ4n) is 6.01. The van der Waals surface area contributed by atoms with Crippen molar-refractivity contribution in [1.82, 2.24) is 10.3 Å². The summed E-state index contributed by atoms with van der Waals surface area (Å²) in [6.45, 7) is -0.407. The number of nitriles is 1. The summed E-state index contributed by atoms with van der Waals surface area (Å²) in [5.74, 6) is -5.06. The van der Waals surface area contributed by atoms with Gasteiger partial charge in [0, 0.05) is 30.8 Å². The van der Waals surface area contributed by atoms with Gasteiger partial charge in [-0.1, -0.05) is 30.3 Å². The molecule has 3 amide bonds. The summed E-state index contributed by atoms with van der Waals surface area (Å²) >= 11 is 0. The standard InChI is InChI=1S/C30H24F3N5O4/c31-20-5-3-6-22(13-20)38(26(39)24-17-42-28(41)37(24)25-12-18(16-34)9-11-35-25)30(10-8-19-4-1-2-7-23(19)30)27(40)36-21-14-29(32,33)15-21/h1-7,9,11-13,21,24H,8,10,14-15,17H2,(H,36,40)/t24-,30+/m0/s1. The number of ether oxygens (including phenoxy) is 1. The molecule has 1 saturated carbocycles. The van der Waals surface area contributed by atoms with Crippen LogP contribution in [0.2, 0.25) is 0 Å². The van der Waals surface area contributed by atoms with Crippen LogP contribution >= 0.6 is 0 Å². The molecule has 2 heterocycles. The minimum absolute atomic E-state index is 0.0175. The molecule has 1 saturated heterocycles. The Hall–Kier alpha value is -4.92. The molecule has 9 nitrogen and oxygen atoms in total. The van der Waals surface area contributed by atoms with Crippen molar-refractivity contribution in [2.24, 2.45) is 0 Å². The fourth-order valence-corrected chi connectivity index (χ4v) is 6.01. The molecule has 2 aromatic carbocycles. The topological polar surface area (TPSA) is 116 Å². The summed E-state index contributed by atoms with van der Waals surface area (Å²) in [4.78, 5) is 48.1. The molecule has 3 aromatic rings. The molecule has 3 aliphatic rings. The maximum atomic E-state index is 14.7. The molecule has 1 aliphatic heterocycles. The predicted octanol–water partition coefficient (Wildman–Crippen LogP) is 4.21. The van der Waals surface area contributed by atoms with E-state index in [1.807, 2.05) is 12.1 Å². The van der Waals surface area contributed by atoms with Gasteiger partial charge in [-0.2, -0.15) is 5.26 Å². The van der Waals surface area contributed by atoms with E-state index in [1.54, 1.807) is 18.2 Å². The Morgan fingerprint density at radius 3 is 2.64 bits per heavy atom. The van der Waals surface area contributed by atoms with Gasteiger partial charge in [0.25, 0.3) is 17.7 Å². The van der Waals surface area contributed by atoms with Crippen molar-refractivity contribution in [2.45, 2.75) is 49.2 Å². The Labute approximate surface area is 238 Å². The van der Waals surface area contributed by atoms with Crippen molar-refractivity contribution in [1.29, 1.82) is 5.26 Å². The van der Waals surface area contributed by atoms with Crippen molar-refractivity contribution in [3.05, 3.63) is 89.4 Å². The third-order valence-corrected chi connectivity index (χ3v) is 7.97. The van der Waals surface area contributed by atoms with Gasteiger partial charge in [-0.25, -0.2) is 27.8 Å². The Bertz CT molecular complexity index is 1630. The zero-order valence-electron chi connectivity index (χ0n) is 22.1. The molecule has 1 aromatic heterocycles. The number of carbonyl (C=O) groups excluding carboxylic acids is 3. The van der Waals surface area contributed by atoms with Crippen LogP contribution < -0.4 is 15.1 Å². The second-order valence-electron chi connectivity index (χ2n) is 10.6. The summed E-state index contributed by atoms with van der Waals surface area (Å²) in [5, 5.41) is 12.1. The second-order valence-corrected chi connectivity index (χ2v) is 10.6. The summed E-state index contributed by atoms with van der Waals surface area (Å²) in [7, 11) is 0. The molecule has 6 rings (SSSR count). The molecular weight excluding hydrogens is 551 g/mol. The van der Waals surface area contributed by atoms with Gasteiger partial charge in [0.15, 0.2) is 11.6 Å². The number of amides is 3. The normalized spacial score (nSPS) is 22.5. The lowest BCUT2D eigenvalue weighted by atomic mass is 9.83. The molecule has 214 valence electrons. The summed E-state index contributed by atoms with van der Waals surface area (Å²) in [5.41, 5.74) is -0.312. The molecule has 12 heteroatoms. The van der Waals surface area contributed by atoms with Gasteiger partial charge in [0.05, 0.1) is 11.6 Å². The van der Waals surface area contributed by atoms with E-state index in [1.165, 1.54) is 36.5 Å². The number of halogens is 3. The number of carbonyl (C=O) groups is 3. The molecule has 0 unspecified atom stereocenters. The summed E-state index contributed by atoms with van der Waals surface area (Å²) in [6.07, 6.45) is -0.209. The average molecular weight is 576 g/mol. The molecule has 0 radical (unpaired) electrons. The number of hydrogen-bond donors (Lipinski definition) is 1. The van der Waals surface area contributed by atoms with E-state index in [4.69, 9.17) is 4.74 Å². The number of nitrogens with zero attached hydrogens (tertiary/aromatic N) is 4. The molecule has 1 N–H and O–H groups in total. The third kappa shape index (κ3) is 4.51. The molecular formula is C30H24F3N5O4. The van der Waals surface area contributed by atoms with Crippen LogP contribution in [0.25, 0.3) is 0 Å².